The van der Waals surface area contributed by atoms with Gasteiger partial charge in [-0.3, -0.25) is 14.3 Å². The summed E-state index contributed by atoms with van der Waals surface area (Å²) in [5.74, 6) is -0.520. The van der Waals surface area contributed by atoms with Crippen LogP contribution >= 0.6 is 0 Å². The van der Waals surface area contributed by atoms with Crippen molar-refractivity contribution < 1.29 is 22.7 Å². The number of fused-ring (bicyclic) bond motifs is 1. The molecule has 10 nitrogen and oxygen atoms in total. The van der Waals surface area contributed by atoms with Crippen LogP contribution in [0.3, 0.4) is 0 Å². The monoisotopic (exact) mass is 385 g/mol. The Hall–Kier alpha value is -2.01. The number of carbonyl (C=O) groups is 2. The number of ether oxygens (including phenoxy) is 1. The topological polar surface area (TPSA) is 115 Å². The van der Waals surface area contributed by atoms with E-state index in [9.17, 15) is 18.0 Å². The van der Waals surface area contributed by atoms with Gasteiger partial charge in [-0.15, -0.1) is 0 Å². The van der Waals surface area contributed by atoms with Crippen molar-refractivity contribution in [1.82, 2.24) is 24.6 Å². The molecule has 26 heavy (non-hydrogen) atoms. The van der Waals surface area contributed by atoms with Gasteiger partial charge in [-0.25, -0.2) is 13.4 Å². The zero-order valence-electron chi connectivity index (χ0n) is 14.7. The van der Waals surface area contributed by atoms with Crippen LogP contribution in [0.4, 0.5) is 0 Å². The highest BCUT2D eigenvalue weighted by Crippen LogP contribution is 2.27. The highest BCUT2D eigenvalue weighted by atomic mass is 32.2. The van der Waals surface area contributed by atoms with Crippen LogP contribution in [-0.4, -0.2) is 95.2 Å². The van der Waals surface area contributed by atoms with Crippen molar-refractivity contribution in [3.05, 3.63) is 12.7 Å². The molecule has 2 aliphatic rings. The van der Waals surface area contributed by atoms with E-state index < -0.39 is 21.9 Å². The van der Waals surface area contributed by atoms with Crippen LogP contribution in [0.5, 0.6) is 0 Å². The molecule has 0 aromatic carbocycles. The lowest BCUT2D eigenvalue weighted by Crippen LogP contribution is -2.62. The summed E-state index contributed by atoms with van der Waals surface area (Å²) in [7, 11) is -1.86. The van der Waals surface area contributed by atoms with Crippen LogP contribution in [0.25, 0.3) is 0 Å². The third-order valence-corrected chi connectivity index (χ3v) is 6.53. The molecule has 1 aromatic heterocycles. The summed E-state index contributed by atoms with van der Waals surface area (Å²) in [6.45, 7) is 1.15. The lowest BCUT2D eigenvalue weighted by molar-refractivity contribution is -0.147. The maximum Gasteiger partial charge on any atom is 0.248 e. The fourth-order valence-corrected chi connectivity index (χ4v) is 5.64. The van der Waals surface area contributed by atoms with E-state index in [0.29, 0.717) is 32.5 Å². The van der Waals surface area contributed by atoms with E-state index >= 15 is 0 Å². The smallest absolute Gasteiger partial charge is 0.248 e. The van der Waals surface area contributed by atoms with E-state index in [2.05, 4.69) is 10.1 Å². The minimum Gasteiger partial charge on any atom is -0.375 e. The first kappa shape index (κ1) is 18.8. The van der Waals surface area contributed by atoms with Gasteiger partial charge in [-0.1, -0.05) is 0 Å². The van der Waals surface area contributed by atoms with E-state index in [1.165, 1.54) is 13.4 Å². The molecule has 0 radical (unpaired) electrons. The van der Waals surface area contributed by atoms with Gasteiger partial charge in [0.15, 0.2) is 9.84 Å². The molecule has 1 aromatic rings. The lowest BCUT2D eigenvalue weighted by Gasteiger charge is -2.43. The van der Waals surface area contributed by atoms with Crippen LogP contribution in [-0.2, 0) is 30.7 Å². The van der Waals surface area contributed by atoms with Gasteiger partial charge in [-0.05, 0) is 6.42 Å². The van der Waals surface area contributed by atoms with Crippen molar-refractivity contribution >= 4 is 21.7 Å². The van der Waals surface area contributed by atoms with Crippen molar-refractivity contribution in [3.63, 3.8) is 0 Å². The number of sulfone groups is 1. The zero-order chi connectivity index (χ0) is 18.7. The Morgan fingerprint density at radius 2 is 1.81 bits per heavy atom. The van der Waals surface area contributed by atoms with Gasteiger partial charge in [0, 0.05) is 33.2 Å². The highest BCUT2D eigenvalue weighted by molar-refractivity contribution is 7.91. The molecule has 0 aliphatic carbocycles. The first-order chi connectivity index (χ1) is 12.4. The molecule has 0 bridgehead atoms. The standard InChI is InChI=1S/C15H23N5O5S/c1-25-7-15(22)20-6-5-19(12-8-26(23,24)9-13(12)20)14(21)3-2-4-18-11-16-10-17-18/h10-13H,2-9H2,1H3/t12-,13+/m0/s1. The number of carbonyl (C=O) groups excluding carboxylic acids is 2. The van der Waals surface area contributed by atoms with E-state index in [-0.39, 0.29) is 29.9 Å². The average Bonchev–Trinajstić information content (AvgIpc) is 3.19. The first-order valence-corrected chi connectivity index (χ1v) is 10.3. The van der Waals surface area contributed by atoms with Crippen molar-refractivity contribution in [2.45, 2.75) is 31.5 Å². The van der Waals surface area contributed by atoms with E-state index in [0.717, 1.165) is 0 Å². The minimum absolute atomic E-state index is 0.0870. The number of aryl methyl sites for hydroxylation is 1. The molecular formula is C15H23N5O5S. The van der Waals surface area contributed by atoms with Gasteiger partial charge in [0.25, 0.3) is 0 Å². The number of piperazine rings is 1. The molecule has 0 N–H and O–H groups in total. The number of amides is 2. The molecule has 2 atom stereocenters. The summed E-state index contributed by atoms with van der Waals surface area (Å²) in [5.41, 5.74) is 0. The van der Waals surface area contributed by atoms with Crippen molar-refractivity contribution in [1.29, 1.82) is 0 Å². The molecular weight excluding hydrogens is 362 g/mol. The minimum atomic E-state index is -3.28. The number of nitrogens with zero attached hydrogens (tertiary/aromatic N) is 5. The summed E-state index contributed by atoms with van der Waals surface area (Å²) in [6, 6.07) is -0.968. The fraction of sp³-hybridized carbons (Fsp3) is 0.733. The highest BCUT2D eigenvalue weighted by Gasteiger charge is 2.49. The Balaban J connectivity index is 1.65. The zero-order valence-corrected chi connectivity index (χ0v) is 15.5. The van der Waals surface area contributed by atoms with Crippen LogP contribution in [0.1, 0.15) is 12.8 Å². The summed E-state index contributed by atoms with van der Waals surface area (Å²) < 4.78 is 30.8. The summed E-state index contributed by atoms with van der Waals surface area (Å²) >= 11 is 0. The normalized spacial score (nSPS) is 24.5. The molecule has 11 heteroatoms. The second-order valence-corrected chi connectivity index (χ2v) is 8.73. The molecule has 2 saturated heterocycles. The molecule has 0 saturated carbocycles. The quantitative estimate of drug-likeness (QED) is 0.588. The summed E-state index contributed by atoms with van der Waals surface area (Å²) in [6.07, 6.45) is 3.92. The number of hydrogen-bond acceptors (Lipinski definition) is 7. The molecule has 2 aliphatic heterocycles. The van der Waals surface area contributed by atoms with Gasteiger partial charge in [0.05, 0.1) is 23.6 Å². The van der Waals surface area contributed by atoms with Gasteiger partial charge >= 0.3 is 0 Å². The Morgan fingerprint density at radius 1 is 1.15 bits per heavy atom. The first-order valence-electron chi connectivity index (χ1n) is 8.52. The second kappa shape index (κ2) is 7.70. The van der Waals surface area contributed by atoms with Crippen LogP contribution in [0, 0.1) is 0 Å². The second-order valence-electron chi connectivity index (χ2n) is 6.58. The van der Waals surface area contributed by atoms with E-state index in [1.54, 1.807) is 20.8 Å². The maximum absolute atomic E-state index is 12.6. The molecule has 2 fully saturated rings. The van der Waals surface area contributed by atoms with Crippen molar-refractivity contribution in [3.8, 4) is 0 Å². The summed E-state index contributed by atoms with van der Waals surface area (Å²) in [4.78, 5) is 31.9. The van der Waals surface area contributed by atoms with Gasteiger partial charge in [0.2, 0.25) is 11.8 Å². The average molecular weight is 385 g/mol. The van der Waals surface area contributed by atoms with Crippen molar-refractivity contribution in [2.24, 2.45) is 0 Å². The fourth-order valence-electron chi connectivity index (χ4n) is 3.66. The Kier molecular flexibility index (Phi) is 5.56. The summed E-state index contributed by atoms with van der Waals surface area (Å²) in [5, 5.41) is 3.99. The molecule has 0 unspecified atom stereocenters. The molecule has 144 valence electrons. The van der Waals surface area contributed by atoms with E-state index in [1.807, 2.05) is 0 Å². The Labute approximate surface area is 152 Å². The van der Waals surface area contributed by atoms with Crippen LogP contribution < -0.4 is 0 Å². The lowest BCUT2D eigenvalue weighted by atomic mass is 10.0. The van der Waals surface area contributed by atoms with Crippen LogP contribution in [0.15, 0.2) is 12.7 Å². The molecule has 3 heterocycles. The molecule has 0 spiro atoms. The third kappa shape index (κ3) is 4.04. The molecule has 3 rings (SSSR count). The number of aromatic nitrogens is 3. The number of rotatable bonds is 6. The molecule has 2 amide bonds. The van der Waals surface area contributed by atoms with Gasteiger partial charge < -0.3 is 14.5 Å². The number of methoxy groups -OCH3 is 1. The maximum atomic E-state index is 12.6. The third-order valence-electron chi connectivity index (χ3n) is 4.83. The SMILES string of the molecule is COCC(=O)N1CCN(C(=O)CCCn2cncn2)[C@H]2CS(=O)(=O)C[C@H]21. The predicted molar refractivity (Wildman–Crippen MR) is 90.8 cm³/mol. The Morgan fingerprint density at radius 3 is 2.38 bits per heavy atom. The van der Waals surface area contributed by atoms with Crippen molar-refractivity contribution in [2.75, 3.05) is 38.3 Å². The van der Waals surface area contributed by atoms with E-state index in [4.69, 9.17) is 4.74 Å². The Bertz CT molecular complexity index is 750. The predicted octanol–water partition coefficient (Wildman–Crippen LogP) is -1.46. The largest absolute Gasteiger partial charge is 0.375 e. The van der Waals surface area contributed by atoms with Gasteiger partial charge in [-0.2, -0.15) is 5.10 Å². The van der Waals surface area contributed by atoms with Crippen LogP contribution in [0.2, 0.25) is 0 Å². The van der Waals surface area contributed by atoms with Gasteiger partial charge in [0.1, 0.15) is 19.3 Å². The number of hydrogen-bond donors (Lipinski definition) is 0.